The average molecular weight is 248 g/mol. The molecule has 1 aliphatic heterocycles. The summed E-state index contributed by atoms with van der Waals surface area (Å²) in [4.78, 5) is 11.5. The van der Waals surface area contributed by atoms with E-state index in [1.807, 2.05) is 6.92 Å². The van der Waals surface area contributed by atoms with Gasteiger partial charge in [-0.25, -0.2) is 4.72 Å². The zero-order chi connectivity index (χ0) is 12.2. The lowest BCUT2D eigenvalue weighted by Gasteiger charge is -2.26. The summed E-state index contributed by atoms with van der Waals surface area (Å²) in [5.74, 6) is -0.673. The molecule has 94 valence electrons. The topological polar surface area (TPSA) is 66.5 Å². The Morgan fingerprint density at radius 1 is 1.31 bits per heavy atom. The molecule has 1 saturated heterocycles. The maximum absolute atomic E-state index is 11.8. The molecule has 1 amide bonds. The van der Waals surface area contributed by atoms with Crippen molar-refractivity contribution in [2.75, 3.05) is 13.1 Å². The van der Waals surface area contributed by atoms with Crippen molar-refractivity contribution in [3.05, 3.63) is 0 Å². The average Bonchev–Trinajstić information content (AvgIpc) is 2.28. The Bertz CT molecular complexity index is 334. The number of nitrogens with zero attached hydrogens (tertiary/aromatic N) is 1. The molecule has 1 heterocycles. The van der Waals surface area contributed by atoms with E-state index in [4.69, 9.17) is 0 Å². The second kappa shape index (κ2) is 5.63. The molecule has 0 spiro atoms. The summed E-state index contributed by atoms with van der Waals surface area (Å²) in [6, 6.07) is 0. The molecule has 1 fully saturated rings. The molecule has 6 heteroatoms. The van der Waals surface area contributed by atoms with Crippen LogP contribution in [0.5, 0.6) is 0 Å². The largest absolute Gasteiger partial charge is 0.303 e. The molecule has 1 rings (SSSR count). The fraction of sp³-hybridized carbons (Fsp3) is 0.900. The Hall–Kier alpha value is -0.620. The van der Waals surface area contributed by atoms with Crippen LogP contribution in [0.4, 0.5) is 0 Å². The predicted molar refractivity (Wildman–Crippen MR) is 61.9 cm³/mol. The van der Waals surface area contributed by atoms with E-state index < -0.39 is 16.1 Å². The van der Waals surface area contributed by atoms with E-state index in [0.717, 1.165) is 19.3 Å². The zero-order valence-corrected chi connectivity index (χ0v) is 10.7. The van der Waals surface area contributed by atoms with Crippen LogP contribution >= 0.6 is 0 Å². The van der Waals surface area contributed by atoms with Crippen molar-refractivity contribution < 1.29 is 13.2 Å². The van der Waals surface area contributed by atoms with Crippen molar-refractivity contribution in [3.63, 3.8) is 0 Å². The third kappa shape index (κ3) is 3.45. The third-order valence-corrected chi connectivity index (χ3v) is 4.45. The number of nitrogens with one attached hydrogen (secondary N) is 1. The van der Waals surface area contributed by atoms with Gasteiger partial charge >= 0.3 is 10.2 Å². The zero-order valence-electron chi connectivity index (χ0n) is 9.90. The van der Waals surface area contributed by atoms with Crippen LogP contribution in [-0.4, -0.2) is 31.7 Å². The van der Waals surface area contributed by atoms with Crippen LogP contribution < -0.4 is 4.72 Å². The van der Waals surface area contributed by atoms with Gasteiger partial charge < -0.3 is 0 Å². The van der Waals surface area contributed by atoms with E-state index in [1.165, 1.54) is 4.31 Å². The van der Waals surface area contributed by atoms with Crippen molar-refractivity contribution in [2.24, 2.45) is 5.92 Å². The van der Waals surface area contributed by atoms with Gasteiger partial charge in [-0.1, -0.05) is 20.3 Å². The molecule has 5 nitrogen and oxygen atoms in total. The SMILES string of the molecule is CCC(C)C(=O)NS(=O)(=O)N1CCCCC1. The van der Waals surface area contributed by atoms with Crippen LogP contribution in [0, 0.1) is 5.92 Å². The summed E-state index contributed by atoms with van der Waals surface area (Å²) < 4.78 is 27.1. The van der Waals surface area contributed by atoms with Gasteiger partial charge in [0.25, 0.3) is 0 Å². The van der Waals surface area contributed by atoms with E-state index in [9.17, 15) is 13.2 Å². The maximum atomic E-state index is 11.8. The van der Waals surface area contributed by atoms with Crippen molar-refractivity contribution in [1.82, 2.24) is 9.03 Å². The highest BCUT2D eigenvalue weighted by Crippen LogP contribution is 2.12. The van der Waals surface area contributed by atoms with Gasteiger partial charge in [0.1, 0.15) is 0 Å². The van der Waals surface area contributed by atoms with Crippen LogP contribution in [0.15, 0.2) is 0 Å². The molecular formula is C10H20N2O3S. The van der Waals surface area contributed by atoms with Gasteiger partial charge in [0.05, 0.1) is 0 Å². The number of carbonyl (C=O) groups excluding carboxylic acids is 1. The first-order valence-corrected chi connectivity index (χ1v) is 7.23. The van der Waals surface area contributed by atoms with Crippen LogP contribution in [0.2, 0.25) is 0 Å². The third-order valence-electron chi connectivity index (χ3n) is 2.94. The summed E-state index contributed by atoms with van der Waals surface area (Å²) in [6.07, 6.45) is 3.45. The smallest absolute Gasteiger partial charge is 0.274 e. The fourth-order valence-corrected chi connectivity index (χ4v) is 2.91. The van der Waals surface area contributed by atoms with E-state index >= 15 is 0 Å². The summed E-state index contributed by atoms with van der Waals surface area (Å²) in [6.45, 7) is 4.62. The molecule has 16 heavy (non-hydrogen) atoms. The Morgan fingerprint density at radius 2 is 1.88 bits per heavy atom. The van der Waals surface area contributed by atoms with Crippen molar-refractivity contribution in [3.8, 4) is 0 Å². The Kier molecular flexibility index (Phi) is 4.73. The lowest BCUT2D eigenvalue weighted by Crippen LogP contribution is -2.46. The molecule has 0 radical (unpaired) electrons. The molecule has 0 aromatic rings. The first-order valence-electron chi connectivity index (χ1n) is 5.79. The first-order chi connectivity index (χ1) is 7.47. The summed E-state index contributed by atoms with van der Waals surface area (Å²) in [5, 5.41) is 0. The van der Waals surface area contributed by atoms with Crippen LogP contribution in [0.25, 0.3) is 0 Å². The molecule has 0 aromatic heterocycles. The lowest BCUT2D eigenvalue weighted by atomic mass is 10.1. The van der Waals surface area contributed by atoms with Gasteiger partial charge in [-0.3, -0.25) is 4.79 Å². The second-order valence-corrected chi connectivity index (χ2v) is 5.91. The molecule has 1 atom stereocenters. The number of rotatable bonds is 4. The predicted octanol–water partition coefficient (Wildman–Crippen LogP) is 0.879. The second-order valence-electron chi connectivity index (χ2n) is 4.24. The monoisotopic (exact) mass is 248 g/mol. The van der Waals surface area contributed by atoms with E-state index in [1.54, 1.807) is 6.92 Å². The number of carbonyl (C=O) groups is 1. The number of hydrogen-bond donors (Lipinski definition) is 1. The van der Waals surface area contributed by atoms with Crippen molar-refractivity contribution in [2.45, 2.75) is 39.5 Å². The molecule has 0 aromatic carbocycles. The van der Waals surface area contributed by atoms with Gasteiger partial charge in [-0.05, 0) is 19.3 Å². The minimum Gasteiger partial charge on any atom is -0.274 e. The van der Waals surface area contributed by atoms with E-state index in [-0.39, 0.29) is 5.92 Å². The first kappa shape index (κ1) is 13.4. The Morgan fingerprint density at radius 3 is 2.38 bits per heavy atom. The summed E-state index contributed by atoms with van der Waals surface area (Å²) >= 11 is 0. The van der Waals surface area contributed by atoms with Crippen LogP contribution in [0.3, 0.4) is 0 Å². The van der Waals surface area contributed by atoms with E-state index in [0.29, 0.717) is 19.5 Å². The summed E-state index contributed by atoms with van der Waals surface area (Å²) in [7, 11) is -3.60. The Labute approximate surface area is 97.4 Å². The van der Waals surface area contributed by atoms with Crippen LogP contribution in [0.1, 0.15) is 39.5 Å². The molecular weight excluding hydrogens is 228 g/mol. The molecule has 0 bridgehead atoms. The maximum Gasteiger partial charge on any atom is 0.303 e. The molecule has 1 aliphatic rings. The Balaban J connectivity index is 2.60. The highest BCUT2D eigenvalue weighted by molar-refractivity contribution is 7.87. The van der Waals surface area contributed by atoms with Gasteiger partial charge in [0.15, 0.2) is 0 Å². The molecule has 1 N–H and O–H groups in total. The van der Waals surface area contributed by atoms with Gasteiger partial charge in [-0.2, -0.15) is 12.7 Å². The van der Waals surface area contributed by atoms with E-state index in [2.05, 4.69) is 4.72 Å². The molecule has 0 aliphatic carbocycles. The van der Waals surface area contributed by atoms with Gasteiger partial charge in [0, 0.05) is 19.0 Å². The molecule has 1 unspecified atom stereocenters. The van der Waals surface area contributed by atoms with Crippen molar-refractivity contribution >= 4 is 16.1 Å². The number of amides is 1. The van der Waals surface area contributed by atoms with Gasteiger partial charge in [0.2, 0.25) is 5.91 Å². The normalized spacial score (nSPS) is 20.4. The fourth-order valence-electron chi connectivity index (χ4n) is 1.58. The van der Waals surface area contributed by atoms with Crippen molar-refractivity contribution in [1.29, 1.82) is 0 Å². The number of hydrogen-bond acceptors (Lipinski definition) is 3. The highest BCUT2D eigenvalue weighted by Gasteiger charge is 2.26. The minimum atomic E-state index is -3.60. The van der Waals surface area contributed by atoms with Crippen LogP contribution in [-0.2, 0) is 15.0 Å². The van der Waals surface area contributed by atoms with Gasteiger partial charge in [-0.15, -0.1) is 0 Å². The summed E-state index contributed by atoms with van der Waals surface area (Å²) in [5.41, 5.74) is 0. The highest BCUT2D eigenvalue weighted by atomic mass is 32.2. The minimum absolute atomic E-state index is 0.264. The molecule has 0 saturated carbocycles. The number of piperidine rings is 1. The standard InChI is InChI=1S/C10H20N2O3S/c1-3-9(2)10(13)11-16(14,15)12-7-5-4-6-8-12/h9H,3-8H2,1-2H3,(H,11,13). The quantitative estimate of drug-likeness (QED) is 0.803. The lowest BCUT2D eigenvalue weighted by molar-refractivity contribution is -0.122.